The first-order chi connectivity index (χ1) is 10.3. The quantitative estimate of drug-likeness (QED) is 0.780. The average Bonchev–Trinajstić information content (AvgIpc) is 2.78. The molecule has 2 unspecified atom stereocenters. The van der Waals surface area contributed by atoms with Crippen LogP contribution in [0, 0.1) is 5.92 Å². The minimum Gasteiger partial charge on any atom is -0.388 e. The van der Waals surface area contributed by atoms with Crippen molar-refractivity contribution in [2.75, 3.05) is 6.54 Å². The van der Waals surface area contributed by atoms with Crippen molar-refractivity contribution in [3.8, 4) is 0 Å². The molecule has 0 saturated heterocycles. The zero-order valence-corrected chi connectivity index (χ0v) is 13.4. The fourth-order valence-corrected chi connectivity index (χ4v) is 2.35. The number of benzene rings is 1. The van der Waals surface area contributed by atoms with Crippen LogP contribution in [-0.2, 0) is 7.05 Å². The van der Waals surface area contributed by atoms with E-state index in [0.717, 1.165) is 11.9 Å². The first-order valence-corrected chi connectivity index (χ1v) is 7.45. The van der Waals surface area contributed by atoms with Gasteiger partial charge >= 0.3 is 5.69 Å². The molecule has 6 heteroatoms. The number of amides is 1. The van der Waals surface area contributed by atoms with Crippen molar-refractivity contribution in [2.45, 2.75) is 32.8 Å². The van der Waals surface area contributed by atoms with E-state index in [1.54, 1.807) is 32.2 Å². The second kappa shape index (κ2) is 5.96. The predicted octanol–water partition coefficient (Wildman–Crippen LogP) is 1.39. The number of aromatic amines is 1. The lowest BCUT2D eigenvalue weighted by Crippen LogP contribution is -2.45. The van der Waals surface area contributed by atoms with Crippen molar-refractivity contribution >= 4 is 16.9 Å². The zero-order valence-electron chi connectivity index (χ0n) is 13.4. The molecule has 0 aliphatic heterocycles. The summed E-state index contributed by atoms with van der Waals surface area (Å²) in [4.78, 5) is 26.5. The molecule has 3 N–H and O–H groups in total. The van der Waals surface area contributed by atoms with Gasteiger partial charge in [-0.1, -0.05) is 20.3 Å². The minimum atomic E-state index is -0.949. The van der Waals surface area contributed by atoms with Crippen molar-refractivity contribution < 1.29 is 9.90 Å². The number of nitrogens with zero attached hydrogens (tertiary/aromatic N) is 1. The van der Waals surface area contributed by atoms with Crippen molar-refractivity contribution in [3.05, 3.63) is 34.2 Å². The number of H-pyrrole nitrogens is 1. The van der Waals surface area contributed by atoms with Crippen LogP contribution in [0.3, 0.4) is 0 Å². The monoisotopic (exact) mass is 305 g/mol. The molecule has 0 spiro atoms. The summed E-state index contributed by atoms with van der Waals surface area (Å²) in [7, 11) is 1.67. The van der Waals surface area contributed by atoms with Crippen LogP contribution < -0.4 is 11.0 Å². The summed E-state index contributed by atoms with van der Waals surface area (Å²) in [6, 6.07) is 5.04. The number of aryl methyl sites for hydroxylation is 1. The smallest absolute Gasteiger partial charge is 0.326 e. The highest BCUT2D eigenvalue weighted by Gasteiger charge is 2.27. The van der Waals surface area contributed by atoms with Crippen LogP contribution in [0.4, 0.5) is 0 Å². The molecule has 1 heterocycles. The molecule has 2 atom stereocenters. The first-order valence-electron chi connectivity index (χ1n) is 7.45. The van der Waals surface area contributed by atoms with Crippen molar-refractivity contribution in [1.29, 1.82) is 0 Å². The van der Waals surface area contributed by atoms with E-state index in [-0.39, 0.29) is 24.1 Å². The van der Waals surface area contributed by atoms with E-state index in [1.807, 2.05) is 13.8 Å². The van der Waals surface area contributed by atoms with Crippen LogP contribution in [0.1, 0.15) is 37.6 Å². The first kappa shape index (κ1) is 16.3. The Morgan fingerprint density at radius 1 is 1.50 bits per heavy atom. The number of aromatic nitrogens is 2. The van der Waals surface area contributed by atoms with E-state index in [2.05, 4.69) is 10.3 Å². The van der Waals surface area contributed by atoms with Gasteiger partial charge in [-0.15, -0.1) is 0 Å². The van der Waals surface area contributed by atoms with Crippen LogP contribution in [0.15, 0.2) is 23.0 Å². The van der Waals surface area contributed by atoms with Gasteiger partial charge in [0.15, 0.2) is 0 Å². The van der Waals surface area contributed by atoms with Gasteiger partial charge in [-0.25, -0.2) is 4.79 Å². The van der Waals surface area contributed by atoms with E-state index < -0.39 is 5.60 Å². The molecule has 22 heavy (non-hydrogen) atoms. The van der Waals surface area contributed by atoms with Gasteiger partial charge in [0.1, 0.15) is 0 Å². The number of carbonyl (C=O) groups is 1. The maximum Gasteiger partial charge on any atom is 0.326 e. The molecule has 2 rings (SSSR count). The Kier molecular flexibility index (Phi) is 4.42. The highest BCUT2D eigenvalue weighted by molar-refractivity contribution is 5.97. The lowest BCUT2D eigenvalue weighted by Gasteiger charge is -2.29. The van der Waals surface area contributed by atoms with Gasteiger partial charge in [0, 0.05) is 19.2 Å². The molecular weight excluding hydrogens is 282 g/mol. The standard InChI is InChI=1S/C16H23N3O3/c1-5-10(2)16(3,22)9-17-14(20)11-6-7-13-12(8-11)18-15(21)19(13)4/h6-8,10,22H,5,9H2,1-4H3,(H,17,20)(H,18,21). The van der Waals surface area contributed by atoms with Crippen LogP contribution in [0.5, 0.6) is 0 Å². The van der Waals surface area contributed by atoms with Gasteiger partial charge in [0.05, 0.1) is 16.6 Å². The third-order valence-electron chi connectivity index (χ3n) is 4.45. The van der Waals surface area contributed by atoms with Crippen LogP contribution in [0.25, 0.3) is 11.0 Å². The highest BCUT2D eigenvalue weighted by atomic mass is 16.3. The molecule has 1 aromatic heterocycles. The number of imidazole rings is 1. The topological polar surface area (TPSA) is 87.1 Å². The van der Waals surface area contributed by atoms with Crippen LogP contribution in [-0.4, -0.2) is 32.7 Å². The molecule has 0 aliphatic rings. The summed E-state index contributed by atoms with van der Waals surface area (Å²) >= 11 is 0. The second-order valence-electron chi connectivity index (χ2n) is 6.07. The Bertz CT molecular complexity index is 743. The van der Waals surface area contributed by atoms with Gasteiger partial charge in [-0.2, -0.15) is 0 Å². The molecule has 1 amide bonds. The molecule has 0 saturated carbocycles. The number of hydrogen-bond acceptors (Lipinski definition) is 3. The number of aliphatic hydroxyl groups is 1. The van der Waals surface area contributed by atoms with E-state index in [0.29, 0.717) is 11.1 Å². The maximum absolute atomic E-state index is 12.2. The summed E-state index contributed by atoms with van der Waals surface area (Å²) in [6.07, 6.45) is 0.833. The number of nitrogens with one attached hydrogen (secondary N) is 2. The molecule has 120 valence electrons. The lowest BCUT2D eigenvalue weighted by atomic mass is 9.88. The predicted molar refractivity (Wildman–Crippen MR) is 86.0 cm³/mol. The highest BCUT2D eigenvalue weighted by Crippen LogP contribution is 2.19. The Balaban J connectivity index is 2.15. The Morgan fingerprint density at radius 3 is 2.82 bits per heavy atom. The Morgan fingerprint density at radius 2 is 2.18 bits per heavy atom. The molecule has 6 nitrogen and oxygen atoms in total. The molecule has 0 radical (unpaired) electrons. The fourth-order valence-electron chi connectivity index (χ4n) is 2.35. The largest absolute Gasteiger partial charge is 0.388 e. The van der Waals surface area contributed by atoms with Gasteiger partial charge in [-0.3, -0.25) is 9.36 Å². The molecule has 1 aromatic carbocycles. The van der Waals surface area contributed by atoms with E-state index in [9.17, 15) is 14.7 Å². The van der Waals surface area contributed by atoms with Crippen LogP contribution in [0.2, 0.25) is 0 Å². The summed E-state index contributed by atoms with van der Waals surface area (Å²) < 4.78 is 1.49. The molecule has 0 bridgehead atoms. The normalized spacial score (nSPS) is 15.5. The molecule has 2 aromatic rings. The van der Waals surface area contributed by atoms with E-state index in [4.69, 9.17) is 0 Å². The number of rotatable bonds is 5. The number of hydrogen-bond donors (Lipinski definition) is 3. The number of fused-ring (bicyclic) bond motifs is 1. The van der Waals surface area contributed by atoms with Crippen molar-refractivity contribution in [1.82, 2.24) is 14.9 Å². The summed E-state index contributed by atoms with van der Waals surface area (Å²) in [5.41, 5.74) is 0.652. The fraction of sp³-hybridized carbons (Fsp3) is 0.500. The molecule has 0 fully saturated rings. The van der Waals surface area contributed by atoms with E-state index in [1.165, 1.54) is 4.57 Å². The van der Waals surface area contributed by atoms with Crippen LogP contribution >= 0.6 is 0 Å². The number of carbonyl (C=O) groups excluding carboxylic acids is 1. The van der Waals surface area contributed by atoms with Gasteiger partial charge in [0.25, 0.3) is 5.91 Å². The van der Waals surface area contributed by atoms with Gasteiger partial charge in [-0.05, 0) is 31.0 Å². The second-order valence-corrected chi connectivity index (χ2v) is 6.07. The third-order valence-corrected chi connectivity index (χ3v) is 4.45. The average molecular weight is 305 g/mol. The zero-order chi connectivity index (χ0) is 16.5. The van der Waals surface area contributed by atoms with Gasteiger partial charge in [0.2, 0.25) is 0 Å². The Labute approximate surface area is 129 Å². The maximum atomic E-state index is 12.2. The minimum absolute atomic E-state index is 0.0840. The van der Waals surface area contributed by atoms with Crippen molar-refractivity contribution in [2.24, 2.45) is 13.0 Å². The Hall–Kier alpha value is -2.08. The molecule has 0 aliphatic carbocycles. The van der Waals surface area contributed by atoms with E-state index >= 15 is 0 Å². The van der Waals surface area contributed by atoms with Gasteiger partial charge < -0.3 is 15.4 Å². The summed E-state index contributed by atoms with van der Waals surface area (Å²) in [5, 5.41) is 13.1. The SMILES string of the molecule is CCC(C)C(C)(O)CNC(=O)c1ccc2c(c1)[nH]c(=O)n2C. The lowest BCUT2D eigenvalue weighted by molar-refractivity contribution is 0.00593. The summed E-state index contributed by atoms with van der Waals surface area (Å²) in [5.74, 6) is -0.184. The summed E-state index contributed by atoms with van der Waals surface area (Å²) in [6.45, 7) is 5.86. The molecular formula is C16H23N3O3. The third kappa shape index (κ3) is 3.06. The van der Waals surface area contributed by atoms with Crippen molar-refractivity contribution in [3.63, 3.8) is 0 Å².